The van der Waals surface area contributed by atoms with E-state index in [2.05, 4.69) is 10.2 Å². The van der Waals surface area contributed by atoms with Crippen LogP contribution in [0.3, 0.4) is 0 Å². The minimum Gasteiger partial charge on any atom is -0.492 e. The SMILES string of the molecule is CC(=O)c1cnn2nc(O)ccc12. The van der Waals surface area contributed by atoms with E-state index in [9.17, 15) is 4.79 Å². The van der Waals surface area contributed by atoms with Crippen LogP contribution in [0.25, 0.3) is 5.52 Å². The van der Waals surface area contributed by atoms with Gasteiger partial charge in [-0.1, -0.05) is 0 Å². The average Bonchev–Trinajstić information content (AvgIpc) is 2.46. The molecule has 66 valence electrons. The fraction of sp³-hybridized carbons (Fsp3) is 0.125. The van der Waals surface area contributed by atoms with Crippen LogP contribution in [0.15, 0.2) is 18.3 Å². The maximum Gasteiger partial charge on any atom is 0.230 e. The second kappa shape index (κ2) is 2.55. The van der Waals surface area contributed by atoms with Crippen LogP contribution < -0.4 is 0 Å². The number of rotatable bonds is 1. The van der Waals surface area contributed by atoms with E-state index in [0.29, 0.717) is 11.1 Å². The Balaban J connectivity index is 2.76. The van der Waals surface area contributed by atoms with E-state index in [-0.39, 0.29) is 11.7 Å². The molecule has 2 aromatic rings. The molecule has 0 fully saturated rings. The molecule has 0 saturated carbocycles. The van der Waals surface area contributed by atoms with Gasteiger partial charge in [0.15, 0.2) is 5.78 Å². The lowest BCUT2D eigenvalue weighted by atomic mass is 10.2. The van der Waals surface area contributed by atoms with Crippen LogP contribution in [0.5, 0.6) is 5.88 Å². The van der Waals surface area contributed by atoms with Gasteiger partial charge in [0.2, 0.25) is 5.88 Å². The van der Waals surface area contributed by atoms with Gasteiger partial charge in [-0.2, -0.15) is 5.10 Å². The second-order valence-electron chi connectivity index (χ2n) is 2.68. The van der Waals surface area contributed by atoms with Crippen LogP contribution >= 0.6 is 0 Å². The van der Waals surface area contributed by atoms with Gasteiger partial charge in [0, 0.05) is 6.07 Å². The molecule has 0 bridgehead atoms. The van der Waals surface area contributed by atoms with Crippen LogP contribution in [0.2, 0.25) is 0 Å². The summed E-state index contributed by atoms with van der Waals surface area (Å²) >= 11 is 0. The molecule has 5 nitrogen and oxygen atoms in total. The minimum absolute atomic E-state index is 0.0671. The normalized spacial score (nSPS) is 10.5. The van der Waals surface area contributed by atoms with Gasteiger partial charge in [-0.25, -0.2) is 0 Å². The number of hydrogen-bond donors (Lipinski definition) is 1. The third-order valence-corrected chi connectivity index (χ3v) is 1.75. The molecule has 2 rings (SSSR count). The van der Waals surface area contributed by atoms with Crippen LogP contribution in [-0.2, 0) is 0 Å². The summed E-state index contributed by atoms with van der Waals surface area (Å²) in [7, 11) is 0. The maximum absolute atomic E-state index is 11.1. The molecule has 0 radical (unpaired) electrons. The highest BCUT2D eigenvalue weighted by atomic mass is 16.3. The summed E-state index contributed by atoms with van der Waals surface area (Å²) in [5.41, 5.74) is 1.11. The van der Waals surface area contributed by atoms with E-state index in [0.717, 1.165) is 0 Å². The van der Waals surface area contributed by atoms with Crippen LogP contribution in [-0.4, -0.2) is 25.7 Å². The molecular formula is C8H7N3O2. The molecule has 0 unspecified atom stereocenters. The highest BCUT2D eigenvalue weighted by Crippen LogP contribution is 2.12. The Labute approximate surface area is 73.6 Å². The largest absolute Gasteiger partial charge is 0.492 e. The van der Waals surface area contributed by atoms with Crippen molar-refractivity contribution in [1.29, 1.82) is 0 Å². The molecule has 0 aliphatic heterocycles. The van der Waals surface area contributed by atoms with Crippen molar-refractivity contribution >= 4 is 11.3 Å². The van der Waals surface area contributed by atoms with Crippen molar-refractivity contribution < 1.29 is 9.90 Å². The molecule has 2 heterocycles. The fourth-order valence-corrected chi connectivity index (χ4v) is 1.14. The molecule has 0 atom stereocenters. The quantitative estimate of drug-likeness (QED) is 0.649. The van der Waals surface area contributed by atoms with Crippen molar-refractivity contribution in [2.24, 2.45) is 0 Å². The smallest absolute Gasteiger partial charge is 0.230 e. The Morgan fingerprint density at radius 1 is 1.54 bits per heavy atom. The summed E-state index contributed by atoms with van der Waals surface area (Å²) in [6.45, 7) is 1.46. The molecule has 0 aromatic carbocycles. The third-order valence-electron chi connectivity index (χ3n) is 1.75. The van der Waals surface area contributed by atoms with Crippen LogP contribution in [0.4, 0.5) is 0 Å². The Morgan fingerprint density at radius 3 is 3.00 bits per heavy atom. The Morgan fingerprint density at radius 2 is 2.31 bits per heavy atom. The van der Waals surface area contributed by atoms with Crippen molar-refractivity contribution in [1.82, 2.24) is 14.8 Å². The fourth-order valence-electron chi connectivity index (χ4n) is 1.14. The van der Waals surface area contributed by atoms with Crippen molar-refractivity contribution in [2.45, 2.75) is 6.92 Å². The molecule has 5 heteroatoms. The zero-order chi connectivity index (χ0) is 9.42. The Bertz CT molecular complexity index is 475. The monoisotopic (exact) mass is 177 g/mol. The summed E-state index contributed by atoms with van der Waals surface area (Å²) in [6.07, 6.45) is 1.43. The lowest BCUT2D eigenvalue weighted by molar-refractivity contribution is 0.101. The predicted molar refractivity (Wildman–Crippen MR) is 44.7 cm³/mol. The number of nitrogens with zero attached hydrogens (tertiary/aromatic N) is 3. The number of hydrogen-bond acceptors (Lipinski definition) is 4. The van der Waals surface area contributed by atoms with Crippen LogP contribution in [0.1, 0.15) is 17.3 Å². The second-order valence-corrected chi connectivity index (χ2v) is 2.68. The molecule has 1 N–H and O–H groups in total. The van der Waals surface area contributed by atoms with Gasteiger partial charge in [-0.3, -0.25) is 4.79 Å². The summed E-state index contributed by atoms with van der Waals surface area (Å²) in [5, 5.41) is 16.5. The standard InChI is InChI=1S/C8H7N3O2/c1-5(12)6-4-9-11-7(6)2-3-8(13)10-11/h2-4H,1H3,(H,10,13). The number of carbonyl (C=O) groups is 1. The van der Waals surface area contributed by atoms with E-state index in [1.165, 1.54) is 23.8 Å². The first-order valence-corrected chi connectivity index (χ1v) is 3.73. The molecule has 0 aliphatic rings. The topological polar surface area (TPSA) is 67.5 Å². The molecule has 13 heavy (non-hydrogen) atoms. The third kappa shape index (κ3) is 1.14. The predicted octanol–water partition coefficient (Wildman–Crippen LogP) is 0.637. The Hall–Kier alpha value is -1.91. The molecule has 0 spiro atoms. The summed E-state index contributed by atoms with van der Waals surface area (Å²) < 4.78 is 1.23. The molecule has 0 aliphatic carbocycles. The highest BCUT2D eigenvalue weighted by Gasteiger charge is 2.08. The van der Waals surface area contributed by atoms with Gasteiger partial charge in [-0.05, 0) is 13.0 Å². The summed E-state index contributed by atoms with van der Waals surface area (Å²) in [5.74, 6) is -0.187. The van der Waals surface area contributed by atoms with Gasteiger partial charge in [0.1, 0.15) is 0 Å². The van der Waals surface area contributed by atoms with Crippen molar-refractivity contribution in [3.63, 3.8) is 0 Å². The maximum atomic E-state index is 11.1. The Kier molecular flexibility index (Phi) is 1.51. The molecule has 0 saturated heterocycles. The first kappa shape index (κ1) is 7.72. The van der Waals surface area contributed by atoms with Crippen molar-refractivity contribution in [3.8, 4) is 5.88 Å². The number of aromatic nitrogens is 3. The number of carbonyl (C=O) groups excluding carboxylic acids is 1. The summed E-state index contributed by atoms with van der Waals surface area (Å²) in [4.78, 5) is 11.1. The first-order chi connectivity index (χ1) is 6.18. The number of aromatic hydroxyl groups is 1. The highest BCUT2D eigenvalue weighted by molar-refractivity contribution is 6.00. The lowest BCUT2D eigenvalue weighted by Gasteiger charge is -1.93. The zero-order valence-electron chi connectivity index (χ0n) is 6.93. The molecule has 0 amide bonds. The average molecular weight is 177 g/mol. The van der Waals surface area contributed by atoms with Crippen molar-refractivity contribution in [2.75, 3.05) is 0 Å². The van der Waals surface area contributed by atoms with Gasteiger partial charge >= 0.3 is 0 Å². The van der Waals surface area contributed by atoms with Gasteiger partial charge < -0.3 is 5.11 Å². The van der Waals surface area contributed by atoms with E-state index in [1.807, 2.05) is 0 Å². The number of fused-ring (bicyclic) bond motifs is 1. The van der Waals surface area contributed by atoms with E-state index >= 15 is 0 Å². The van der Waals surface area contributed by atoms with E-state index in [4.69, 9.17) is 5.11 Å². The molecular weight excluding hydrogens is 170 g/mol. The first-order valence-electron chi connectivity index (χ1n) is 3.73. The van der Waals surface area contributed by atoms with Gasteiger partial charge in [0.05, 0.1) is 17.3 Å². The van der Waals surface area contributed by atoms with Gasteiger partial charge in [-0.15, -0.1) is 9.73 Å². The van der Waals surface area contributed by atoms with E-state index in [1.54, 1.807) is 6.07 Å². The van der Waals surface area contributed by atoms with Crippen LogP contribution in [0, 0.1) is 0 Å². The molecule has 2 aromatic heterocycles. The summed E-state index contributed by atoms with van der Waals surface area (Å²) in [6, 6.07) is 3.02. The van der Waals surface area contributed by atoms with Crippen molar-refractivity contribution in [3.05, 3.63) is 23.9 Å². The van der Waals surface area contributed by atoms with Gasteiger partial charge in [0.25, 0.3) is 0 Å². The number of Topliss-reactive ketones (excluding diaryl/α,β-unsaturated/α-hetero) is 1. The van der Waals surface area contributed by atoms with E-state index < -0.39 is 0 Å². The lowest BCUT2D eigenvalue weighted by Crippen LogP contribution is -1.94. The minimum atomic E-state index is -0.120. The zero-order valence-corrected chi connectivity index (χ0v) is 6.93. The number of ketones is 1.